The Labute approximate surface area is 99.4 Å². The molecule has 0 saturated carbocycles. The molecule has 1 aliphatic heterocycles. The molecule has 1 N–H and O–H groups in total. The van der Waals surface area contributed by atoms with Crippen LogP contribution in [0.3, 0.4) is 0 Å². The van der Waals surface area contributed by atoms with Gasteiger partial charge in [0.1, 0.15) is 0 Å². The van der Waals surface area contributed by atoms with Crippen LogP contribution >= 0.6 is 0 Å². The minimum Gasteiger partial charge on any atom is -0.494 e. The third kappa shape index (κ3) is 2.94. The first-order chi connectivity index (χ1) is 8.19. The second-order valence-electron chi connectivity index (χ2n) is 4.03. The molecule has 4 nitrogen and oxygen atoms in total. The lowest BCUT2D eigenvalue weighted by Crippen LogP contribution is -2.47. The summed E-state index contributed by atoms with van der Waals surface area (Å²) >= 11 is 0. The second-order valence-corrected chi connectivity index (χ2v) is 4.03. The average molecular weight is 238 g/mol. The molecule has 17 heavy (non-hydrogen) atoms. The van der Waals surface area contributed by atoms with Crippen LogP contribution in [0.4, 0.5) is 4.39 Å². The highest BCUT2D eigenvalue weighted by molar-refractivity contribution is 5.78. The summed E-state index contributed by atoms with van der Waals surface area (Å²) in [5.41, 5.74) is 0.845. The Balaban J connectivity index is 2.03. The lowest BCUT2D eigenvalue weighted by molar-refractivity contribution is -0.124. The van der Waals surface area contributed by atoms with Gasteiger partial charge in [-0.3, -0.25) is 9.69 Å². The fourth-order valence-electron chi connectivity index (χ4n) is 1.89. The van der Waals surface area contributed by atoms with Gasteiger partial charge in [-0.15, -0.1) is 0 Å². The Morgan fingerprint density at radius 2 is 2.35 bits per heavy atom. The number of nitrogens with zero attached hydrogens (tertiary/aromatic N) is 1. The molecule has 2 rings (SSSR count). The zero-order valence-corrected chi connectivity index (χ0v) is 9.70. The van der Waals surface area contributed by atoms with Crippen molar-refractivity contribution in [1.29, 1.82) is 0 Å². The summed E-state index contributed by atoms with van der Waals surface area (Å²) in [5, 5.41) is 2.75. The van der Waals surface area contributed by atoms with Gasteiger partial charge in [-0.2, -0.15) is 0 Å². The fraction of sp³-hybridized carbons (Fsp3) is 0.417. The molecule has 1 saturated heterocycles. The van der Waals surface area contributed by atoms with E-state index in [1.807, 2.05) is 11.0 Å². The van der Waals surface area contributed by atoms with Gasteiger partial charge in [-0.1, -0.05) is 6.07 Å². The zero-order valence-electron chi connectivity index (χ0n) is 9.70. The van der Waals surface area contributed by atoms with Crippen LogP contribution in [0.5, 0.6) is 5.75 Å². The van der Waals surface area contributed by atoms with E-state index in [4.69, 9.17) is 4.74 Å². The summed E-state index contributed by atoms with van der Waals surface area (Å²) in [6.07, 6.45) is 0. The topological polar surface area (TPSA) is 41.6 Å². The monoisotopic (exact) mass is 238 g/mol. The van der Waals surface area contributed by atoms with Crippen molar-refractivity contribution >= 4 is 5.91 Å². The number of benzene rings is 1. The van der Waals surface area contributed by atoms with Crippen molar-refractivity contribution in [3.8, 4) is 5.75 Å². The van der Waals surface area contributed by atoms with Crippen LogP contribution in [-0.2, 0) is 11.3 Å². The van der Waals surface area contributed by atoms with E-state index in [9.17, 15) is 9.18 Å². The lowest BCUT2D eigenvalue weighted by atomic mass is 10.2. The summed E-state index contributed by atoms with van der Waals surface area (Å²) in [5.74, 6) is -0.109. The van der Waals surface area contributed by atoms with Crippen molar-refractivity contribution in [1.82, 2.24) is 10.2 Å². The number of hydrogen-bond donors (Lipinski definition) is 1. The number of rotatable bonds is 3. The van der Waals surface area contributed by atoms with Crippen molar-refractivity contribution in [2.75, 3.05) is 26.7 Å². The molecular formula is C12H15FN2O2. The minimum absolute atomic E-state index is 0.0187. The molecule has 0 spiro atoms. The van der Waals surface area contributed by atoms with E-state index in [2.05, 4.69) is 5.32 Å². The molecule has 92 valence electrons. The molecular weight excluding hydrogens is 223 g/mol. The molecule has 1 amide bonds. The maximum Gasteiger partial charge on any atom is 0.234 e. The summed E-state index contributed by atoms with van der Waals surface area (Å²) in [7, 11) is 1.44. The number of carbonyl (C=O) groups is 1. The van der Waals surface area contributed by atoms with Crippen LogP contribution in [0.25, 0.3) is 0 Å². The van der Waals surface area contributed by atoms with Gasteiger partial charge in [-0.25, -0.2) is 4.39 Å². The van der Waals surface area contributed by atoms with Crippen molar-refractivity contribution in [3.05, 3.63) is 29.6 Å². The smallest absolute Gasteiger partial charge is 0.234 e. The largest absolute Gasteiger partial charge is 0.494 e. The third-order valence-corrected chi connectivity index (χ3v) is 2.74. The Kier molecular flexibility index (Phi) is 3.58. The van der Waals surface area contributed by atoms with E-state index in [0.717, 1.165) is 12.1 Å². The third-order valence-electron chi connectivity index (χ3n) is 2.74. The van der Waals surface area contributed by atoms with Crippen LogP contribution in [0.1, 0.15) is 5.56 Å². The van der Waals surface area contributed by atoms with Gasteiger partial charge in [0.15, 0.2) is 11.6 Å². The molecule has 5 heteroatoms. The van der Waals surface area contributed by atoms with Crippen LogP contribution < -0.4 is 10.1 Å². The maximum absolute atomic E-state index is 13.5. The Morgan fingerprint density at radius 1 is 1.53 bits per heavy atom. The molecule has 1 aromatic rings. The van der Waals surface area contributed by atoms with Crippen molar-refractivity contribution < 1.29 is 13.9 Å². The van der Waals surface area contributed by atoms with E-state index in [-0.39, 0.29) is 17.5 Å². The number of carbonyl (C=O) groups excluding carboxylic acids is 1. The molecule has 1 aliphatic rings. The highest BCUT2D eigenvalue weighted by Crippen LogP contribution is 2.18. The number of piperazine rings is 1. The number of halogens is 1. The SMILES string of the molecule is COc1ccc(CN2CCNC(=O)C2)cc1F. The minimum atomic E-state index is -0.369. The predicted octanol–water partition coefficient (Wildman–Crippen LogP) is 0.766. The van der Waals surface area contributed by atoms with Gasteiger partial charge in [-0.05, 0) is 17.7 Å². The Morgan fingerprint density at radius 3 is 3.00 bits per heavy atom. The molecule has 0 atom stereocenters. The fourth-order valence-corrected chi connectivity index (χ4v) is 1.89. The molecule has 0 radical (unpaired) electrons. The Bertz CT molecular complexity index is 423. The van der Waals surface area contributed by atoms with Gasteiger partial charge >= 0.3 is 0 Å². The molecule has 0 unspecified atom stereocenters. The zero-order chi connectivity index (χ0) is 12.3. The van der Waals surface area contributed by atoms with Gasteiger partial charge in [0.25, 0.3) is 0 Å². The highest BCUT2D eigenvalue weighted by atomic mass is 19.1. The molecule has 0 aliphatic carbocycles. The van der Waals surface area contributed by atoms with Crippen molar-refractivity contribution in [2.24, 2.45) is 0 Å². The lowest BCUT2D eigenvalue weighted by Gasteiger charge is -2.26. The van der Waals surface area contributed by atoms with Gasteiger partial charge in [0.05, 0.1) is 13.7 Å². The quantitative estimate of drug-likeness (QED) is 0.845. The summed E-state index contributed by atoms with van der Waals surface area (Å²) in [4.78, 5) is 13.2. The van der Waals surface area contributed by atoms with Gasteiger partial charge in [0.2, 0.25) is 5.91 Å². The summed E-state index contributed by atoms with van der Waals surface area (Å²) in [6.45, 7) is 2.39. The van der Waals surface area contributed by atoms with Crippen molar-refractivity contribution in [2.45, 2.75) is 6.54 Å². The number of ether oxygens (including phenoxy) is 1. The molecule has 0 bridgehead atoms. The average Bonchev–Trinajstić information content (AvgIpc) is 2.29. The van der Waals surface area contributed by atoms with Crippen LogP contribution in [0.2, 0.25) is 0 Å². The first kappa shape index (κ1) is 11.9. The number of methoxy groups -OCH3 is 1. The molecule has 0 aromatic heterocycles. The number of hydrogen-bond acceptors (Lipinski definition) is 3. The van der Waals surface area contributed by atoms with Crippen LogP contribution in [0, 0.1) is 5.82 Å². The van der Waals surface area contributed by atoms with Crippen molar-refractivity contribution in [3.63, 3.8) is 0 Å². The standard InChI is InChI=1S/C12H15FN2O2/c1-17-11-3-2-9(6-10(11)13)7-15-5-4-14-12(16)8-15/h2-3,6H,4-5,7-8H2,1H3,(H,14,16). The number of amides is 1. The molecule has 1 heterocycles. The van der Waals surface area contributed by atoms with E-state index in [0.29, 0.717) is 19.6 Å². The first-order valence-corrected chi connectivity index (χ1v) is 5.50. The van der Waals surface area contributed by atoms with Gasteiger partial charge < -0.3 is 10.1 Å². The summed E-state index contributed by atoms with van der Waals surface area (Å²) in [6, 6.07) is 4.87. The summed E-state index contributed by atoms with van der Waals surface area (Å²) < 4.78 is 18.3. The first-order valence-electron chi connectivity index (χ1n) is 5.50. The predicted molar refractivity (Wildman–Crippen MR) is 61.2 cm³/mol. The molecule has 1 aromatic carbocycles. The second kappa shape index (κ2) is 5.14. The highest BCUT2D eigenvalue weighted by Gasteiger charge is 2.16. The normalized spacial score (nSPS) is 16.7. The number of nitrogens with one attached hydrogen (secondary N) is 1. The van der Waals surface area contributed by atoms with Crippen LogP contribution in [0.15, 0.2) is 18.2 Å². The van der Waals surface area contributed by atoms with E-state index in [1.54, 1.807) is 6.07 Å². The van der Waals surface area contributed by atoms with E-state index >= 15 is 0 Å². The Hall–Kier alpha value is -1.62. The van der Waals surface area contributed by atoms with Gasteiger partial charge in [0, 0.05) is 19.6 Å². The van der Waals surface area contributed by atoms with E-state index < -0.39 is 0 Å². The molecule has 1 fully saturated rings. The van der Waals surface area contributed by atoms with Crippen LogP contribution in [-0.4, -0.2) is 37.6 Å². The maximum atomic E-state index is 13.5. The van der Waals surface area contributed by atoms with E-state index in [1.165, 1.54) is 13.2 Å².